The first kappa shape index (κ1) is 13.0. The summed E-state index contributed by atoms with van der Waals surface area (Å²) < 4.78 is 12.9. The molecule has 94 valence electrons. The highest BCUT2D eigenvalue weighted by Gasteiger charge is 2.15. The molecule has 0 spiro atoms. The topological polar surface area (TPSA) is 17.1 Å². The van der Waals surface area contributed by atoms with E-state index in [9.17, 15) is 9.18 Å². The van der Waals surface area contributed by atoms with Crippen LogP contribution in [0, 0.1) is 18.2 Å². The number of carbonyl (C=O) groups excluding carboxylic acids is 1. The third-order valence-electron chi connectivity index (χ3n) is 2.96. The van der Waals surface area contributed by atoms with E-state index in [0.29, 0.717) is 5.56 Å². The molecule has 2 heteroatoms. The van der Waals surface area contributed by atoms with E-state index in [-0.39, 0.29) is 23.9 Å². The predicted octanol–water partition coefficient (Wildman–Crippen LogP) is 3.82. The summed E-state index contributed by atoms with van der Waals surface area (Å²) in [4.78, 5) is 12.1. The Kier molecular flexibility index (Phi) is 4.10. The van der Waals surface area contributed by atoms with E-state index in [2.05, 4.69) is 5.92 Å². The lowest BCUT2D eigenvalue weighted by atomic mass is 9.92. The van der Waals surface area contributed by atoms with Crippen LogP contribution in [-0.4, -0.2) is 5.78 Å². The van der Waals surface area contributed by atoms with Crippen molar-refractivity contribution in [3.05, 3.63) is 71.5 Å². The van der Waals surface area contributed by atoms with Crippen LogP contribution in [0.15, 0.2) is 54.6 Å². The molecule has 2 aromatic rings. The molecule has 2 rings (SSSR count). The maximum absolute atomic E-state index is 12.9. The monoisotopic (exact) mass is 252 g/mol. The van der Waals surface area contributed by atoms with E-state index in [1.54, 1.807) is 24.3 Å². The predicted molar refractivity (Wildman–Crippen MR) is 73.4 cm³/mol. The van der Waals surface area contributed by atoms with Crippen molar-refractivity contribution in [1.29, 1.82) is 0 Å². The zero-order valence-corrected chi connectivity index (χ0v) is 10.3. The summed E-state index contributed by atoms with van der Waals surface area (Å²) in [6.45, 7) is 0. The molecule has 0 saturated carbocycles. The zero-order chi connectivity index (χ0) is 13.7. The van der Waals surface area contributed by atoms with Gasteiger partial charge in [-0.1, -0.05) is 48.4 Å². The quantitative estimate of drug-likeness (QED) is 0.597. The van der Waals surface area contributed by atoms with Crippen LogP contribution in [0.2, 0.25) is 0 Å². The van der Waals surface area contributed by atoms with Crippen LogP contribution < -0.4 is 0 Å². The second-order valence-corrected chi connectivity index (χ2v) is 4.26. The minimum absolute atomic E-state index is 0.00660. The number of ketones is 1. The maximum Gasteiger partial charge on any atom is 0.164 e. The van der Waals surface area contributed by atoms with Crippen LogP contribution in [0.5, 0.6) is 0 Å². The van der Waals surface area contributed by atoms with Gasteiger partial charge in [0, 0.05) is 12.0 Å². The summed E-state index contributed by atoms with van der Waals surface area (Å²) >= 11 is 0. The van der Waals surface area contributed by atoms with Gasteiger partial charge in [-0.15, -0.1) is 6.42 Å². The Morgan fingerprint density at radius 3 is 2.32 bits per heavy atom. The van der Waals surface area contributed by atoms with Crippen LogP contribution in [-0.2, 0) is 0 Å². The van der Waals surface area contributed by atoms with E-state index in [0.717, 1.165) is 5.56 Å². The summed E-state index contributed by atoms with van der Waals surface area (Å²) in [5.74, 6) is 1.95. The molecule has 0 N–H and O–H groups in total. The Morgan fingerprint density at radius 2 is 1.74 bits per heavy atom. The largest absolute Gasteiger partial charge is 0.294 e. The molecule has 0 amide bonds. The van der Waals surface area contributed by atoms with Gasteiger partial charge in [-0.2, -0.15) is 0 Å². The van der Waals surface area contributed by atoms with Crippen LogP contribution in [0.4, 0.5) is 4.39 Å². The van der Waals surface area contributed by atoms with Gasteiger partial charge in [-0.05, 0) is 17.7 Å². The second-order valence-electron chi connectivity index (χ2n) is 4.26. The lowest BCUT2D eigenvalue weighted by Gasteiger charge is -2.10. The molecule has 1 atom stereocenters. The third kappa shape index (κ3) is 3.29. The summed E-state index contributed by atoms with van der Waals surface area (Å²) in [7, 11) is 0. The van der Waals surface area contributed by atoms with Crippen LogP contribution >= 0.6 is 0 Å². The van der Waals surface area contributed by atoms with Crippen molar-refractivity contribution in [3.8, 4) is 12.3 Å². The number of rotatable bonds is 4. The minimum Gasteiger partial charge on any atom is -0.294 e. The molecule has 0 unspecified atom stereocenters. The SMILES string of the molecule is C#C[C@@H](CC(=O)c1ccccc1)c1ccc(F)cc1. The lowest BCUT2D eigenvalue weighted by Crippen LogP contribution is -2.06. The molecule has 1 nitrogen and oxygen atoms in total. The van der Waals surface area contributed by atoms with Crippen LogP contribution in [0.1, 0.15) is 28.3 Å². The smallest absolute Gasteiger partial charge is 0.164 e. The average Bonchev–Trinajstić information content (AvgIpc) is 2.46. The van der Waals surface area contributed by atoms with E-state index in [1.807, 2.05) is 18.2 Å². The van der Waals surface area contributed by atoms with Crippen molar-refractivity contribution in [2.75, 3.05) is 0 Å². The molecule has 0 aliphatic carbocycles. The standard InChI is InChI=1S/C17H13FO/c1-2-13(14-8-10-16(18)11-9-14)12-17(19)15-6-4-3-5-7-15/h1,3-11,13H,12H2/t13-/m0/s1. The molecule has 0 heterocycles. The number of benzene rings is 2. The number of Topliss-reactive ketones (excluding diaryl/α,β-unsaturated/α-hetero) is 1. The summed E-state index contributed by atoms with van der Waals surface area (Å²) in [5, 5.41) is 0. The number of hydrogen-bond donors (Lipinski definition) is 0. The molecule has 0 saturated heterocycles. The lowest BCUT2D eigenvalue weighted by molar-refractivity contribution is 0.0979. The fourth-order valence-corrected chi connectivity index (χ4v) is 1.90. The molecule has 19 heavy (non-hydrogen) atoms. The van der Waals surface area contributed by atoms with Gasteiger partial charge in [0.25, 0.3) is 0 Å². The Morgan fingerprint density at radius 1 is 1.11 bits per heavy atom. The molecule has 0 aliphatic rings. The Bertz CT molecular complexity index is 593. The Balaban J connectivity index is 2.14. The number of halogens is 1. The highest BCUT2D eigenvalue weighted by Crippen LogP contribution is 2.21. The minimum atomic E-state index is -0.326. The van der Waals surface area contributed by atoms with Gasteiger partial charge in [0.2, 0.25) is 0 Å². The van der Waals surface area contributed by atoms with E-state index >= 15 is 0 Å². The first-order valence-corrected chi connectivity index (χ1v) is 6.00. The number of terminal acetylenes is 1. The van der Waals surface area contributed by atoms with E-state index < -0.39 is 0 Å². The van der Waals surface area contributed by atoms with Crippen molar-refractivity contribution in [3.63, 3.8) is 0 Å². The highest BCUT2D eigenvalue weighted by molar-refractivity contribution is 5.96. The number of carbonyl (C=O) groups is 1. The first-order valence-electron chi connectivity index (χ1n) is 6.00. The molecular formula is C17H13FO. The van der Waals surface area contributed by atoms with Gasteiger partial charge >= 0.3 is 0 Å². The third-order valence-corrected chi connectivity index (χ3v) is 2.96. The molecule has 0 fully saturated rings. The Hall–Kier alpha value is -2.40. The zero-order valence-electron chi connectivity index (χ0n) is 10.3. The Labute approximate surface area is 112 Å². The molecular weight excluding hydrogens is 239 g/mol. The van der Waals surface area contributed by atoms with Gasteiger partial charge in [0.05, 0.1) is 5.92 Å². The molecule has 0 aliphatic heterocycles. The second kappa shape index (κ2) is 5.97. The van der Waals surface area contributed by atoms with Crippen molar-refractivity contribution in [2.24, 2.45) is 0 Å². The maximum atomic E-state index is 12.9. The van der Waals surface area contributed by atoms with Crippen molar-refractivity contribution in [1.82, 2.24) is 0 Å². The van der Waals surface area contributed by atoms with Crippen molar-refractivity contribution in [2.45, 2.75) is 12.3 Å². The van der Waals surface area contributed by atoms with Gasteiger partial charge in [0.15, 0.2) is 5.78 Å². The molecule has 0 radical (unpaired) electrons. The van der Waals surface area contributed by atoms with Gasteiger partial charge < -0.3 is 0 Å². The van der Waals surface area contributed by atoms with Crippen LogP contribution in [0.25, 0.3) is 0 Å². The average molecular weight is 252 g/mol. The van der Waals surface area contributed by atoms with E-state index in [4.69, 9.17) is 6.42 Å². The van der Waals surface area contributed by atoms with Crippen molar-refractivity contribution < 1.29 is 9.18 Å². The van der Waals surface area contributed by atoms with Gasteiger partial charge in [-0.25, -0.2) is 4.39 Å². The summed E-state index contributed by atoms with van der Waals surface area (Å²) in [6.07, 6.45) is 5.70. The van der Waals surface area contributed by atoms with E-state index in [1.165, 1.54) is 12.1 Å². The molecule has 0 bridgehead atoms. The van der Waals surface area contributed by atoms with Gasteiger partial charge in [-0.3, -0.25) is 4.79 Å². The fourth-order valence-electron chi connectivity index (χ4n) is 1.90. The first-order chi connectivity index (χ1) is 9.20. The molecule has 0 aromatic heterocycles. The summed E-state index contributed by atoms with van der Waals surface area (Å²) in [6, 6.07) is 15.0. The van der Waals surface area contributed by atoms with Crippen LogP contribution in [0.3, 0.4) is 0 Å². The fraction of sp³-hybridized carbons (Fsp3) is 0.118. The summed E-state index contributed by atoms with van der Waals surface area (Å²) in [5.41, 5.74) is 1.43. The van der Waals surface area contributed by atoms with Gasteiger partial charge in [0.1, 0.15) is 5.82 Å². The van der Waals surface area contributed by atoms with Crippen molar-refractivity contribution >= 4 is 5.78 Å². The molecule has 2 aromatic carbocycles. The highest BCUT2D eigenvalue weighted by atomic mass is 19.1. The number of hydrogen-bond acceptors (Lipinski definition) is 1. The normalized spacial score (nSPS) is 11.6.